The van der Waals surface area contributed by atoms with E-state index in [0.29, 0.717) is 0 Å². The maximum absolute atomic E-state index is 4.63. The smallest absolute Gasteiger partial charge is 0.138 e. The zero-order valence-corrected chi connectivity index (χ0v) is 29.1. The summed E-state index contributed by atoms with van der Waals surface area (Å²) >= 11 is 13.6. The van der Waals surface area contributed by atoms with Crippen LogP contribution in [0.4, 0.5) is 17.2 Å². The van der Waals surface area contributed by atoms with Crippen molar-refractivity contribution in [3.63, 3.8) is 0 Å². The number of nitrogens with zero attached hydrogens (tertiary/aromatic N) is 3. The number of pyridine rings is 2. The first-order valence-corrected chi connectivity index (χ1v) is 17.5. The Morgan fingerprint density at radius 2 is 0.860 bits per heavy atom. The van der Waals surface area contributed by atoms with Gasteiger partial charge in [-0.15, -0.1) is 0 Å². The van der Waals surface area contributed by atoms with Crippen LogP contribution in [-0.4, -0.2) is 9.97 Å². The molecule has 0 spiro atoms. The summed E-state index contributed by atoms with van der Waals surface area (Å²) in [5, 5.41) is 0. The van der Waals surface area contributed by atoms with Crippen molar-refractivity contribution < 1.29 is 0 Å². The molecule has 2 aliphatic heterocycles. The summed E-state index contributed by atoms with van der Waals surface area (Å²) in [5.74, 6) is 0.921. The number of anilines is 3. The Morgan fingerprint density at radius 1 is 0.442 bits per heavy atom. The van der Waals surface area contributed by atoms with Crippen LogP contribution in [0.25, 0.3) is 0 Å². The molecule has 3 nitrogen and oxygen atoms in total. The lowest BCUT2D eigenvalue weighted by Gasteiger charge is -2.31. The Balaban J connectivity index is 0.000000128. The molecule has 0 aliphatic carbocycles. The first-order chi connectivity index (χ1) is 21.0. The Bertz CT molecular complexity index is 1730. The number of fused-ring (bicyclic) bond motifs is 4. The third-order valence-corrected chi connectivity index (χ3v) is 10.3. The van der Waals surface area contributed by atoms with Crippen molar-refractivity contribution >= 4 is 88.5 Å². The topological polar surface area (TPSA) is 29.0 Å². The van der Waals surface area contributed by atoms with Crippen LogP contribution >= 0.6 is 71.3 Å². The van der Waals surface area contributed by atoms with Gasteiger partial charge in [-0.1, -0.05) is 96.3 Å². The Labute approximate surface area is 285 Å². The van der Waals surface area contributed by atoms with E-state index in [0.717, 1.165) is 26.0 Å². The van der Waals surface area contributed by atoms with Gasteiger partial charge in [0.2, 0.25) is 0 Å². The van der Waals surface area contributed by atoms with Crippen molar-refractivity contribution in [2.24, 2.45) is 0 Å². The van der Waals surface area contributed by atoms with Gasteiger partial charge in [0.1, 0.15) is 19.6 Å². The summed E-state index contributed by atoms with van der Waals surface area (Å²) in [5.41, 5.74) is 5.26. The van der Waals surface area contributed by atoms with Gasteiger partial charge in [0.05, 0.1) is 11.4 Å². The van der Waals surface area contributed by atoms with Gasteiger partial charge in [-0.2, -0.15) is 0 Å². The molecule has 212 valence electrons. The van der Waals surface area contributed by atoms with Gasteiger partial charge in [0, 0.05) is 19.6 Å². The molecule has 2 aromatic heterocycles. The average molecular weight is 790 g/mol. The van der Waals surface area contributed by atoms with Gasteiger partial charge in [-0.3, -0.25) is 4.90 Å². The van der Waals surface area contributed by atoms with Gasteiger partial charge >= 0.3 is 0 Å². The van der Waals surface area contributed by atoms with E-state index in [9.17, 15) is 0 Å². The molecule has 8 rings (SSSR count). The number of benzene rings is 4. The molecule has 0 fully saturated rings. The highest BCUT2D eigenvalue weighted by Gasteiger charge is 2.24. The molecule has 0 saturated heterocycles. The summed E-state index contributed by atoms with van der Waals surface area (Å²) in [7, 11) is 0. The minimum Gasteiger partial charge on any atom is -0.293 e. The molecular weight excluding hydrogens is 766 g/mol. The van der Waals surface area contributed by atoms with Crippen molar-refractivity contribution in [3.05, 3.63) is 158 Å². The lowest BCUT2D eigenvalue weighted by molar-refractivity contribution is 1.06. The molecular formula is C35H24Br3N3S2. The van der Waals surface area contributed by atoms with Crippen molar-refractivity contribution in [1.29, 1.82) is 0 Å². The standard InChI is InChI=1S/C17H11BrN2S.C13H10S.C5H3Br2N/c18-16-10-5-11-17(19-16)20-12-6-1-3-8-14(12)21-15-9-4-2-7-13(15)20;1-3-7-12-10(5-1)9-11-6-2-4-8-13(11)14-12;6-4-2-1-3-5(7)8-4/h1-11H;1-8H,9H2;1-3H. The zero-order chi connectivity index (χ0) is 29.6. The van der Waals surface area contributed by atoms with Crippen LogP contribution < -0.4 is 4.90 Å². The SMILES string of the molecule is Brc1cccc(Br)n1.Brc1cccc(N2c3ccccc3Sc3ccccc32)n1.c1ccc2c(c1)Cc1ccccc1S2. The first kappa shape index (κ1) is 30.2. The summed E-state index contributed by atoms with van der Waals surface area (Å²) in [6.07, 6.45) is 1.08. The van der Waals surface area contributed by atoms with E-state index < -0.39 is 0 Å². The van der Waals surface area contributed by atoms with E-state index in [4.69, 9.17) is 0 Å². The molecule has 0 bridgehead atoms. The predicted molar refractivity (Wildman–Crippen MR) is 190 cm³/mol. The number of hydrogen-bond donors (Lipinski definition) is 0. The van der Waals surface area contributed by atoms with Crippen LogP contribution in [0.3, 0.4) is 0 Å². The summed E-state index contributed by atoms with van der Waals surface area (Å²) in [4.78, 5) is 16.2. The van der Waals surface area contributed by atoms with Crippen molar-refractivity contribution in [2.45, 2.75) is 26.0 Å². The third kappa shape index (κ3) is 7.44. The molecule has 0 atom stereocenters. The number of halogens is 3. The van der Waals surface area contributed by atoms with E-state index in [1.165, 1.54) is 42.1 Å². The fourth-order valence-corrected chi connectivity index (χ4v) is 8.07. The van der Waals surface area contributed by atoms with Crippen LogP contribution in [0.15, 0.2) is 167 Å². The lowest BCUT2D eigenvalue weighted by atomic mass is 10.0. The van der Waals surface area contributed by atoms with E-state index in [-0.39, 0.29) is 0 Å². The highest BCUT2D eigenvalue weighted by atomic mass is 79.9. The minimum atomic E-state index is 0.841. The monoisotopic (exact) mass is 787 g/mol. The second-order valence-corrected chi connectivity index (χ2v) is 14.1. The van der Waals surface area contributed by atoms with Gasteiger partial charge in [-0.05, 0) is 126 Å². The normalized spacial score (nSPS) is 12.2. The van der Waals surface area contributed by atoms with Crippen molar-refractivity contribution in [2.75, 3.05) is 4.90 Å². The molecule has 2 aliphatic rings. The number of rotatable bonds is 1. The maximum Gasteiger partial charge on any atom is 0.138 e. The number of aromatic nitrogens is 2. The molecule has 8 heteroatoms. The van der Waals surface area contributed by atoms with Crippen LogP contribution in [0, 0.1) is 0 Å². The molecule has 4 heterocycles. The Kier molecular flexibility index (Phi) is 10.0. The second kappa shape index (κ2) is 14.3. The fourth-order valence-electron chi connectivity index (χ4n) is 4.68. The average Bonchev–Trinajstić information content (AvgIpc) is 3.03. The second-order valence-electron chi connectivity index (χ2n) is 9.47. The van der Waals surface area contributed by atoms with E-state index in [1.807, 2.05) is 48.2 Å². The van der Waals surface area contributed by atoms with Gasteiger partial charge in [0.25, 0.3) is 0 Å². The summed E-state index contributed by atoms with van der Waals surface area (Å²) in [6.45, 7) is 0. The van der Waals surface area contributed by atoms with E-state index in [1.54, 1.807) is 11.8 Å². The zero-order valence-electron chi connectivity index (χ0n) is 22.7. The van der Waals surface area contributed by atoms with Gasteiger partial charge in [0.15, 0.2) is 0 Å². The predicted octanol–water partition coefficient (Wildman–Crippen LogP) is 12.1. The van der Waals surface area contributed by atoms with Crippen LogP contribution in [0.2, 0.25) is 0 Å². The highest BCUT2D eigenvalue weighted by Crippen LogP contribution is 2.50. The van der Waals surface area contributed by atoms with Crippen molar-refractivity contribution in [1.82, 2.24) is 9.97 Å². The number of para-hydroxylation sites is 2. The fraction of sp³-hybridized carbons (Fsp3) is 0.0286. The van der Waals surface area contributed by atoms with E-state index in [2.05, 4.69) is 160 Å². The molecule has 4 aromatic carbocycles. The molecule has 0 radical (unpaired) electrons. The molecule has 6 aromatic rings. The third-order valence-electron chi connectivity index (χ3n) is 6.59. The van der Waals surface area contributed by atoms with E-state index >= 15 is 0 Å². The minimum absolute atomic E-state index is 0.841. The van der Waals surface area contributed by atoms with Crippen LogP contribution in [0.1, 0.15) is 11.1 Å². The van der Waals surface area contributed by atoms with Gasteiger partial charge < -0.3 is 0 Å². The van der Waals surface area contributed by atoms with Crippen LogP contribution in [-0.2, 0) is 6.42 Å². The molecule has 0 amide bonds. The largest absolute Gasteiger partial charge is 0.293 e. The molecule has 43 heavy (non-hydrogen) atoms. The van der Waals surface area contributed by atoms with Crippen LogP contribution in [0.5, 0.6) is 0 Å². The maximum atomic E-state index is 4.63. The molecule has 0 unspecified atom stereocenters. The summed E-state index contributed by atoms with van der Waals surface area (Å²) < 4.78 is 2.55. The number of hydrogen-bond acceptors (Lipinski definition) is 5. The summed E-state index contributed by atoms with van der Waals surface area (Å²) in [6, 6.07) is 45.9. The Morgan fingerprint density at radius 3 is 1.35 bits per heavy atom. The highest BCUT2D eigenvalue weighted by molar-refractivity contribution is 9.11. The Hall–Kier alpha value is -2.88. The quantitative estimate of drug-likeness (QED) is 0.155. The molecule has 0 N–H and O–H groups in total. The molecule has 0 saturated carbocycles. The van der Waals surface area contributed by atoms with Gasteiger partial charge in [-0.25, -0.2) is 9.97 Å². The van der Waals surface area contributed by atoms with Crippen molar-refractivity contribution in [3.8, 4) is 0 Å². The lowest BCUT2D eigenvalue weighted by Crippen LogP contribution is -2.15. The first-order valence-electron chi connectivity index (χ1n) is 13.5.